The predicted molar refractivity (Wildman–Crippen MR) is 113 cm³/mol. The van der Waals surface area contributed by atoms with Crippen LogP contribution < -0.4 is 20.1 Å². The Hall–Kier alpha value is -2.39. The van der Waals surface area contributed by atoms with E-state index in [0.717, 1.165) is 24.1 Å². The topological polar surface area (TPSA) is 58.1 Å². The van der Waals surface area contributed by atoms with Crippen LogP contribution in [-0.4, -0.2) is 56.8 Å². The zero-order valence-electron chi connectivity index (χ0n) is 17.0. The molecule has 1 heterocycles. The molecule has 1 aliphatic carbocycles. The first-order valence-corrected chi connectivity index (χ1v) is 10.2. The summed E-state index contributed by atoms with van der Waals surface area (Å²) in [4.78, 5) is 7.04. The van der Waals surface area contributed by atoms with Gasteiger partial charge in [0.2, 0.25) is 0 Å². The van der Waals surface area contributed by atoms with Crippen LogP contribution in [-0.2, 0) is 6.54 Å². The normalized spacial score (nSPS) is 20.8. The van der Waals surface area contributed by atoms with E-state index in [-0.39, 0.29) is 6.61 Å². The third-order valence-electron chi connectivity index (χ3n) is 5.62. The van der Waals surface area contributed by atoms with E-state index in [1.807, 2.05) is 25.2 Å². The average Bonchev–Trinajstić information content (AvgIpc) is 3.41. The van der Waals surface area contributed by atoms with Crippen molar-refractivity contribution in [3.05, 3.63) is 23.8 Å². The first-order valence-electron chi connectivity index (χ1n) is 10.2. The number of hydrogen-bond acceptors (Lipinski definition) is 4. The van der Waals surface area contributed by atoms with Gasteiger partial charge in [-0.05, 0) is 37.0 Å². The van der Waals surface area contributed by atoms with Crippen LogP contribution in [0.25, 0.3) is 0 Å². The fourth-order valence-electron chi connectivity index (χ4n) is 4.14. The van der Waals surface area contributed by atoms with Gasteiger partial charge in [0, 0.05) is 38.8 Å². The van der Waals surface area contributed by atoms with Gasteiger partial charge in [0.1, 0.15) is 6.61 Å². The summed E-state index contributed by atoms with van der Waals surface area (Å²) in [6, 6.07) is 7.11. The van der Waals surface area contributed by atoms with E-state index < -0.39 is 0 Å². The lowest BCUT2D eigenvalue weighted by molar-refractivity contribution is 0.242. The summed E-state index contributed by atoms with van der Waals surface area (Å²) in [6.45, 7) is 3.16. The van der Waals surface area contributed by atoms with E-state index in [2.05, 4.69) is 26.4 Å². The summed E-state index contributed by atoms with van der Waals surface area (Å²) in [6.07, 6.45) is 12.0. The Labute approximate surface area is 168 Å². The summed E-state index contributed by atoms with van der Waals surface area (Å²) in [5, 5.41) is 6.98. The number of benzene rings is 1. The third kappa shape index (κ3) is 5.32. The maximum absolute atomic E-state index is 5.58. The highest BCUT2D eigenvalue weighted by atomic mass is 16.5. The van der Waals surface area contributed by atoms with E-state index in [1.54, 1.807) is 7.11 Å². The predicted octanol–water partition coefficient (Wildman–Crippen LogP) is 2.39. The molecular weight excluding hydrogens is 352 g/mol. The molecule has 152 valence electrons. The van der Waals surface area contributed by atoms with Crippen molar-refractivity contribution in [2.75, 3.05) is 33.9 Å². The molecule has 2 N–H and O–H groups in total. The van der Waals surface area contributed by atoms with Gasteiger partial charge in [-0.3, -0.25) is 9.89 Å². The number of ether oxygens (including phenoxy) is 2. The molecule has 0 radical (unpaired) electrons. The molecule has 0 aromatic heterocycles. The molecule has 0 spiro atoms. The molecule has 1 saturated heterocycles. The quantitative estimate of drug-likeness (QED) is 0.429. The molecule has 6 heteroatoms. The Morgan fingerprint density at radius 2 is 2.11 bits per heavy atom. The minimum Gasteiger partial charge on any atom is -0.493 e. The zero-order chi connectivity index (χ0) is 19.8. The van der Waals surface area contributed by atoms with Crippen molar-refractivity contribution in [1.82, 2.24) is 15.5 Å². The lowest BCUT2D eigenvalue weighted by atomic mass is 10.2. The summed E-state index contributed by atoms with van der Waals surface area (Å²) < 4.78 is 10.9. The molecule has 1 aliphatic heterocycles. The summed E-state index contributed by atoms with van der Waals surface area (Å²) in [5.74, 6) is 4.66. The summed E-state index contributed by atoms with van der Waals surface area (Å²) >= 11 is 0. The highest BCUT2D eigenvalue weighted by Gasteiger charge is 2.30. The first-order chi connectivity index (χ1) is 13.7. The van der Waals surface area contributed by atoms with E-state index >= 15 is 0 Å². The second-order valence-electron chi connectivity index (χ2n) is 7.47. The van der Waals surface area contributed by atoms with E-state index in [9.17, 15) is 0 Å². The molecule has 6 nitrogen and oxygen atoms in total. The Morgan fingerprint density at radius 3 is 2.82 bits per heavy atom. The Morgan fingerprint density at radius 1 is 1.29 bits per heavy atom. The van der Waals surface area contributed by atoms with Gasteiger partial charge in [-0.1, -0.05) is 24.8 Å². The molecule has 3 rings (SSSR count). The van der Waals surface area contributed by atoms with Crippen molar-refractivity contribution in [2.45, 2.75) is 50.7 Å². The van der Waals surface area contributed by atoms with Gasteiger partial charge in [0.25, 0.3) is 0 Å². The van der Waals surface area contributed by atoms with E-state index in [4.69, 9.17) is 15.9 Å². The molecule has 1 aromatic carbocycles. The van der Waals surface area contributed by atoms with Gasteiger partial charge < -0.3 is 20.1 Å². The van der Waals surface area contributed by atoms with Gasteiger partial charge in [-0.25, -0.2) is 0 Å². The number of nitrogens with one attached hydrogen (secondary N) is 2. The zero-order valence-corrected chi connectivity index (χ0v) is 17.0. The molecular formula is C22H32N4O2. The van der Waals surface area contributed by atoms with Gasteiger partial charge in [-0.15, -0.1) is 6.42 Å². The van der Waals surface area contributed by atoms with Crippen molar-refractivity contribution < 1.29 is 9.47 Å². The van der Waals surface area contributed by atoms with Crippen molar-refractivity contribution in [1.29, 1.82) is 0 Å². The number of aliphatic imine (C=N–C) groups is 1. The first kappa shape index (κ1) is 20.3. The molecule has 1 aromatic rings. The second kappa shape index (κ2) is 10.2. The SMILES string of the molecule is C#CCOc1cc(CNC(=NC)NC2CCN(C3CCCC3)C2)ccc1OC. The second-order valence-corrected chi connectivity index (χ2v) is 7.47. The molecule has 2 aliphatic rings. The number of nitrogens with zero attached hydrogens (tertiary/aromatic N) is 2. The number of hydrogen-bond donors (Lipinski definition) is 2. The van der Waals surface area contributed by atoms with Crippen LogP contribution in [0.2, 0.25) is 0 Å². The molecule has 1 saturated carbocycles. The van der Waals surface area contributed by atoms with Gasteiger partial charge >= 0.3 is 0 Å². The number of terminal acetylenes is 1. The molecule has 2 fully saturated rings. The van der Waals surface area contributed by atoms with Gasteiger partial charge in [0.05, 0.1) is 7.11 Å². The summed E-state index contributed by atoms with van der Waals surface area (Å²) in [5.41, 5.74) is 1.08. The van der Waals surface area contributed by atoms with Crippen LogP contribution in [0.3, 0.4) is 0 Å². The molecule has 0 amide bonds. The Kier molecular flexibility index (Phi) is 7.44. The van der Waals surface area contributed by atoms with Crippen LogP contribution >= 0.6 is 0 Å². The van der Waals surface area contributed by atoms with Crippen molar-refractivity contribution in [3.8, 4) is 23.8 Å². The van der Waals surface area contributed by atoms with Crippen molar-refractivity contribution >= 4 is 5.96 Å². The Balaban J connectivity index is 1.51. The maximum atomic E-state index is 5.58. The van der Waals surface area contributed by atoms with E-state index in [0.29, 0.717) is 24.1 Å². The maximum Gasteiger partial charge on any atom is 0.191 e. The van der Waals surface area contributed by atoms with Gasteiger partial charge in [0.15, 0.2) is 17.5 Å². The lowest BCUT2D eigenvalue weighted by Gasteiger charge is -2.24. The van der Waals surface area contributed by atoms with Gasteiger partial charge in [-0.2, -0.15) is 0 Å². The average molecular weight is 385 g/mol. The van der Waals surface area contributed by atoms with E-state index in [1.165, 1.54) is 38.6 Å². The third-order valence-corrected chi connectivity index (χ3v) is 5.62. The fraction of sp³-hybridized carbons (Fsp3) is 0.591. The Bertz CT molecular complexity index is 707. The molecule has 1 unspecified atom stereocenters. The number of likely N-dealkylation sites (tertiary alicyclic amines) is 1. The number of guanidine groups is 1. The minimum absolute atomic E-state index is 0.218. The van der Waals surface area contributed by atoms with Crippen LogP contribution in [0.15, 0.2) is 23.2 Å². The molecule has 1 atom stereocenters. The highest BCUT2D eigenvalue weighted by molar-refractivity contribution is 5.80. The van der Waals surface area contributed by atoms with Crippen LogP contribution in [0, 0.1) is 12.3 Å². The fourth-order valence-corrected chi connectivity index (χ4v) is 4.14. The highest BCUT2D eigenvalue weighted by Crippen LogP contribution is 2.28. The smallest absolute Gasteiger partial charge is 0.191 e. The molecule has 28 heavy (non-hydrogen) atoms. The van der Waals surface area contributed by atoms with Crippen LogP contribution in [0.5, 0.6) is 11.5 Å². The monoisotopic (exact) mass is 384 g/mol. The van der Waals surface area contributed by atoms with Crippen molar-refractivity contribution in [3.63, 3.8) is 0 Å². The standard InChI is InChI=1S/C22H32N4O2/c1-4-13-28-21-14-17(9-10-20(21)27-3)15-24-22(23-2)25-18-11-12-26(16-18)19-7-5-6-8-19/h1,9-10,14,18-19H,5-8,11-13,15-16H2,2-3H3,(H2,23,24,25). The van der Waals surface area contributed by atoms with Crippen LogP contribution in [0.4, 0.5) is 0 Å². The number of rotatable bonds is 7. The minimum atomic E-state index is 0.218. The molecule has 0 bridgehead atoms. The number of methoxy groups -OCH3 is 1. The summed E-state index contributed by atoms with van der Waals surface area (Å²) in [7, 11) is 3.44. The largest absolute Gasteiger partial charge is 0.493 e. The van der Waals surface area contributed by atoms with Crippen LogP contribution in [0.1, 0.15) is 37.7 Å². The van der Waals surface area contributed by atoms with Crippen molar-refractivity contribution in [2.24, 2.45) is 4.99 Å². The lowest BCUT2D eigenvalue weighted by Crippen LogP contribution is -2.45.